The molecule has 0 fully saturated rings. The summed E-state index contributed by atoms with van der Waals surface area (Å²) in [5, 5.41) is 2.89. The predicted molar refractivity (Wildman–Crippen MR) is 107 cm³/mol. The molecular weight excluding hydrogens is 342 g/mol. The van der Waals surface area contributed by atoms with Crippen LogP contribution in [0.15, 0.2) is 42.5 Å². The molecule has 0 aliphatic carbocycles. The molecule has 2 aromatic rings. The highest BCUT2D eigenvalue weighted by Crippen LogP contribution is 2.28. The average molecular weight is 371 g/mol. The van der Waals surface area contributed by atoms with E-state index in [2.05, 4.69) is 25.2 Å². The molecule has 5 nitrogen and oxygen atoms in total. The highest BCUT2D eigenvalue weighted by Gasteiger charge is 2.11. The highest BCUT2D eigenvalue weighted by molar-refractivity contribution is 5.77. The van der Waals surface area contributed by atoms with Crippen molar-refractivity contribution in [2.45, 2.75) is 32.6 Å². The molecule has 0 radical (unpaired) electrons. The lowest BCUT2D eigenvalue weighted by Crippen LogP contribution is -2.30. The number of methoxy groups -OCH3 is 2. The number of hydrogen-bond acceptors (Lipinski definition) is 4. The topological polar surface area (TPSA) is 56.8 Å². The fraction of sp³-hybridized carbons (Fsp3) is 0.409. The van der Waals surface area contributed by atoms with E-state index in [0.29, 0.717) is 30.4 Å². The Hall–Kier alpha value is -2.69. The predicted octanol–water partition coefficient (Wildman–Crippen LogP) is 3.96. The molecule has 0 aliphatic heterocycles. The first-order valence-electron chi connectivity index (χ1n) is 9.28. The van der Waals surface area contributed by atoms with Gasteiger partial charge in [-0.1, -0.05) is 38.1 Å². The van der Waals surface area contributed by atoms with Gasteiger partial charge in [0.05, 0.1) is 14.2 Å². The molecule has 0 heterocycles. The van der Waals surface area contributed by atoms with E-state index in [1.807, 2.05) is 36.4 Å². The average Bonchev–Trinajstić information content (AvgIpc) is 2.71. The molecule has 146 valence electrons. The Labute approximate surface area is 161 Å². The molecule has 1 N–H and O–H groups in total. The van der Waals surface area contributed by atoms with Gasteiger partial charge < -0.3 is 19.5 Å². The third-order valence-corrected chi connectivity index (χ3v) is 4.60. The molecule has 27 heavy (non-hydrogen) atoms. The van der Waals surface area contributed by atoms with Crippen LogP contribution in [0.4, 0.5) is 0 Å². The fourth-order valence-electron chi connectivity index (χ4n) is 2.82. The van der Waals surface area contributed by atoms with Crippen molar-refractivity contribution < 1.29 is 19.0 Å². The minimum Gasteiger partial charge on any atom is -0.493 e. The van der Waals surface area contributed by atoms with Gasteiger partial charge in [0.2, 0.25) is 0 Å². The summed E-state index contributed by atoms with van der Waals surface area (Å²) in [5.74, 6) is 2.43. The number of amides is 1. The van der Waals surface area contributed by atoms with Gasteiger partial charge in [-0.15, -0.1) is 0 Å². The molecule has 0 saturated carbocycles. The van der Waals surface area contributed by atoms with E-state index in [-0.39, 0.29) is 12.5 Å². The summed E-state index contributed by atoms with van der Waals surface area (Å²) < 4.78 is 16.3. The van der Waals surface area contributed by atoms with E-state index in [1.54, 1.807) is 14.2 Å². The SMILES string of the molecule is CCC(C)c1ccccc1OCC(=O)NCCc1ccc(OC)c(OC)c1. The van der Waals surface area contributed by atoms with Crippen molar-refractivity contribution >= 4 is 5.91 Å². The Morgan fingerprint density at radius 1 is 1.04 bits per heavy atom. The van der Waals surface area contributed by atoms with Gasteiger partial charge in [-0.25, -0.2) is 0 Å². The molecule has 0 spiro atoms. The summed E-state index contributed by atoms with van der Waals surface area (Å²) in [7, 11) is 3.22. The lowest BCUT2D eigenvalue weighted by molar-refractivity contribution is -0.123. The van der Waals surface area contributed by atoms with Crippen molar-refractivity contribution in [1.29, 1.82) is 0 Å². The molecule has 2 aromatic carbocycles. The van der Waals surface area contributed by atoms with Gasteiger partial charge in [0.1, 0.15) is 5.75 Å². The number of carbonyl (C=O) groups excluding carboxylic acids is 1. The van der Waals surface area contributed by atoms with Crippen molar-refractivity contribution in [3.8, 4) is 17.2 Å². The number of benzene rings is 2. The van der Waals surface area contributed by atoms with E-state index in [9.17, 15) is 4.79 Å². The molecule has 5 heteroatoms. The van der Waals surface area contributed by atoms with Crippen LogP contribution in [-0.2, 0) is 11.2 Å². The summed E-state index contributed by atoms with van der Waals surface area (Å²) in [6.07, 6.45) is 1.73. The van der Waals surface area contributed by atoms with Crippen LogP contribution in [0.2, 0.25) is 0 Å². The van der Waals surface area contributed by atoms with E-state index in [4.69, 9.17) is 14.2 Å². The first-order valence-corrected chi connectivity index (χ1v) is 9.28. The van der Waals surface area contributed by atoms with Crippen molar-refractivity contribution in [2.75, 3.05) is 27.4 Å². The van der Waals surface area contributed by atoms with Crippen LogP contribution in [0.25, 0.3) is 0 Å². The molecule has 0 aromatic heterocycles. The lowest BCUT2D eigenvalue weighted by atomic mass is 9.98. The zero-order chi connectivity index (χ0) is 19.6. The summed E-state index contributed by atoms with van der Waals surface area (Å²) in [4.78, 5) is 12.1. The monoisotopic (exact) mass is 371 g/mol. The normalized spacial score (nSPS) is 11.6. The van der Waals surface area contributed by atoms with Crippen LogP contribution in [0.3, 0.4) is 0 Å². The van der Waals surface area contributed by atoms with E-state index in [0.717, 1.165) is 23.3 Å². The van der Waals surface area contributed by atoms with Crippen LogP contribution in [0.5, 0.6) is 17.2 Å². The Kier molecular flexibility index (Phi) is 7.99. The van der Waals surface area contributed by atoms with Crippen molar-refractivity contribution in [3.63, 3.8) is 0 Å². The number of rotatable bonds is 10. The van der Waals surface area contributed by atoms with Crippen LogP contribution in [-0.4, -0.2) is 33.3 Å². The van der Waals surface area contributed by atoms with Gasteiger partial charge in [0, 0.05) is 6.54 Å². The quantitative estimate of drug-likeness (QED) is 0.687. The molecule has 0 aliphatic rings. The Morgan fingerprint density at radius 3 is 2.48 bits per heavy atom. The number of carbonyl (C=O) groups is 1. The number of hydrogen-bond donors (Lipinski definition) is 1. The first kappa shape index (κ1) is 20.6. The number of para-hydroxylation sites is 1. The van der Waals surface area contributed by atoms with Crippen molar-refractivity contribution in [3.05, 3.63) is 53.6 Å². The van der Waals surface area contributed by atoms with Crippen LogP contribution in [0, 0.1) is 0 Å². The maximum atomic E-state index is 12.1. The summed E-state index contributed by atoms with van der Waals surface area (Å²) >= 11 is 0. The zero-order valence-electron chi connectivity index (χ0n) is 16.6. The lowest BCUT2D eigenvalue weighted by Gasteiger charge is -2.15. The van der Waals surface area contributed by atoms with Gasteiger partial charge in [-0.3, -0.25) is 4.79 Å². The molecule has 2 rings (SSSR count). The fourth-order valence-corrected chi connectivity index (χ4v) is 2.82. The van der Waals surface area contributed by atoms with E-state index < -0.39 is 0 Å². The van der Waals surface area contributed by atoms with Crippen LogP contribution < -0.4 is 19.5 Å². The minimum absolute atomic E-state index is 0.0133. The minimum atomic E-state index is -0.130. The molecular formula is C22H29NO4. The molecule has 1 atom stereocenters. The Bertz CT molecular complexity index is 745. The summed E-state index contributed by atoms with van der Waals surface area (Å²) in [6, 6.07) is 13.6. The van der Waals surface area contributed by atoms with Gasteiger partial charge in [0.15, 0.2) is 18.1 Å². The van der Waals surface area contributed by atoms with Gasteiger partial charge >= 0.3 is 0 Å². The summed E-state index contributed by atoms with van der Waals surface area (Å²) in [6.45, 7) is 4.85. The number of nitrogens with one attached hydrogen (secondary N) is 1. The second kappa shape index (κ2) is 10.5. The van der Waals surface area contributed by atoms with Gasteiger partial charge in [-0.05, 0) is 48.1 Å². The van der Waals surface area contributed by atoms with Crippen LogP contribution >= 0.6 is 0 Å². The Balaban J connectivity index is 1.82. The molecule has 1 amide bonds. The highest BCUT2D eigenvalue weighted by atomic mass is 16.5. The van der Waals surface area contributed by atoms with Crippen molar-refractivity contribution in [2.24, 2.45) is 0 Å². The zero-order valence-corrected chi connectivity index (χ0v) is 16.6. The third-order valence-electron chi connectivity index (χ3n) is 4.60. The van der Waals surface area contributed by atoms with Crippen molar-refractivity contribution in [1.82, 2.24) is 5.32 Å². The second-order valence-electron chi connectivity index (χ2n) is 6.43. The molecule has 1 unspecified atom stereocenters. The van der Waals surface area contributed by atoms with Crippen LogP contribution in [0.1, 0.15) is 37.3 Å². The number of ether oxygens (including phenoxy) is 3. The van der Waals surface area contributed by atoms with E-state index >= 15 is 0 Å². The molecule has 0 bridgehead atoms. The second-order valence-corrected chi connectivity index (χ2v) is 6.43. The standard InChI is InChI=1S/C22H29NO4/c1-5-16(2)18-8-6-7-9-19(18)27-15-22(24)23-13-12-17-10-11-20(25-3)21(14-17)26-4/h6-11,14,16H,5,12-13,15H2,1-4H3,(H,23,24). The molecule has 0 saturated heterocycles. The van der Waals surface area contributed by atoms with Gasteiger partial charge in [-0.2, -0.15) is 0 Å². The first-order chi connectivity index (χ1) is 13.1. The Morgan fingerprint density at radius 2 is 1.78 bits per heavy atom. The summed E-state index contributed by atoms with van der Waals surface area (Å²) in [5.41, 5.74) is 2.20. The smallest absolute Gasteiger partial charge is 0.257 e. The van der Waals surface area contributed by atoms with Gasteiger partial charge in [0.25, 0.3) is 5.91 Å². The maximum absolute atomic E-state index is 12.1. The third kappa shape index (κ3) is 5.91. The van der Waals surface area contributed by atoms with E-state index in [1.165, 1.54) is 0 Å². The largest absolute Gasteiger partial charge is 0.493 e. The maximum Gasteiger partial charge on any atom is 0.257 e.